The normalized spacial score (nSPS) is 10.3. The van der Waals surface area contributed by atoms with Crippen molar-refractivity contribution >= 4 is 23.1 Å². The molecule has 2 rings (SSSR count). The topological polar surface area (TPSA) is 39.7 Å². The summed E-state index contributed by atoms with van der Waals surface area (Å²) < 4.78 is 16.9. The van der Waals surface area contributed by atoms with Crippen LogP contribution in [0.15, 0.2) is 30.3 Å². The van der Waals surface area contributed by atoms with Crippen molar-refractivity contribution in [2.24, 2.45) is 0 Å². The third-order valence-electron chi connectivity index (χ3n) is 4.02. The predicted molar refractivity (Wildman–Crippen MR) is 106 cm³/mol. The number of hydrogen-bond acceptors (Lipinski definition) is 4. The van der Waals surface area contributed by atoms with Crippen LogP contribution in [0.5, 0.6) is 11.5 Å². The number of methoxy groups -OCH3 is 1. The average Bonchev–Trinajstić information content (AvgIpc) is 2.58. The summed E-state index contributed by atoms with van der Waals surface area (Å²) in [7, 11) is 1.54. The van der Waals surface area contributed by atoms with Gasteiger partial charge in [-0.2, -0.15) is 0 Å². The van der Waals surface area contributed by atoms with Crippen LogP contribution in [-0.4, -0.2) is 18.9 Å². The van der Waals surface area contributed by atoms with Gasteiger partial charge < -0.3 is 19.5 Å². The van der Waals surface area contributed by atoms with Gasteiger partial charge in [-0.1, -0.05) is 12.1 Å². The Bertz CT molecular complexity index is 759. The van der Waals surface area contributed by atoms with E-state index in [0.29, 0.717) is 18.4 Å². The largest absolute Gasteiger partial charge is 0.493 e. The monoisotopic (exact) mass is 359 g/mol. The van der Waals surface area contributed by atoms with Crippen LogP contribution >= 0.6 is 12.2 Å². The lowest BCUT2D eigenvalue weighted by Gasteiger charge is -2.18. The van der Waals surface area contributed by atoms with Gasteiger partial charge in [0.25, 0.3) is 5.17 Å². The Kier molecular flexibility index (Phi) is 6.65. The third kappa shape index (κ3) is 4.86. The summed E-state index contributed by atoms with van der Waals surface area (Å²) in [4.78, 5) is 0. The number of aryl methyl sites for hydroxylation is 3. The first-order valence-electron chi connectivity index (χ1n) is 8.26. The van der Waals surface area contributed by atoms with Gasteiger partial charge in [0.1, 0.15) is 18.1 Å². The Morgan fingerprint density at radius 1 is 1.00 bits per heavy atom. The summed E-state index contributed by atoms with van der Waals surface area (Å²) in [5.41, 5.74) is 5.30. The first kappa shape index (κ1) is 19.1. The van der Waals surface area contributed by atoms with E-state index in [0.717, 1.165) is 28.3 Å². The number of rotatable bonds is 6. The van der Waals surface area contributed by atoms with Crippen molar-refractivity contribution in [3.05, 3.63) is 52.6 Å². The molecule has 1 N–H and O–H groups in total. The summed E-state index contributed by atoms with van der Waals surface area (Å²) >= 11 is 5.12. The fourth-order valence-electron chi connectivity index (χ4n) is 2.52. The molecule has 2 aromatic carbocycles. The van der Waals surface area contributed by atoms with Crippen molar-refractivity contribution in [1.29, 1.82) is 0 Å². The smallest absolute Gasteiger partial charge is 0.260 e. The lowest BCUT2D eigenvalue weighted by Crippen LogP contribution is -2.14. The van der Waals surface area contributed by atoms with Crippen LogP contribution < -0.4 is 14.8 Å². The maximum atomic E-state index is 6.10. The Labute approximate surface area is 155 Å². The van der Waals surface area contributed by atoms with Gasteiger partial charge in [0.2, 0.25) is 0 Å². The molecule has 0 atom stereocenters. The minimum Gasteiger partial charge on any atom is -0.493 e. The van der Waals surface area contributed by atoms with Gasteiger partial charge in [0.05, 0.1) is 25.0 Å². The maximum Gasteiger partial charge on any atom is 0.260 e. The molecule has 4 nitrogen and oxygen atoms in total. The Morgan fingerprint density at radius 2 is 1.72 bits per heavy atom. The highest BCUT2D eigenvalue weighted by Crippen LogP contribution is 2.30. The van der Waals surface area contributed by atoms with Gasteiger partial charge in [-0.05, 0) is 74.8 Å². The number of thiocarbonyl (C=S) groups is 1. The van der Waals surface area contributed by atoms with Crippen LogP contribution in [0.2, 0.25) is 0 Å². The van der Waals surface area contributed by atoms with E-state index >= 15 is 0 Å². The predicted octanol–water partition coefficient (Wildman–Crippen LogP) is 4.93. The summed E-state index contributed by atoms with van der Waals surface area (Å²) in [6.07, 6.45) is 0. The average molecular weight is 359 g/mol. The SMILES string of the molecule is CCOc1cccc(NC(=S)OC)c1COc1cc(C)c(C)cc1C. The van der Waals surface area contributed by atoms with E-state index in [1.807, 2.05) is 25.1 Å². The van der Waals surface area contributed by atoms with Crippen molar-refractivity contribution in [3.63, 3.8) is 0 Å². The van der Waals surface area contributed by atoms with Crippen LogP contribution in [0.25, 0.3) is 0 Å². The van der Waals surface area contributed by atoms with Crippen molar-refractivity contribution < 1.29 is 14.2 Å². The lowest BCUT2D eigenvalue weighted by atomic mass is 10.1. The molecular formula is C20H25NO3S. The van der Waals surface area contributed by atoms with Gasteiger partial charge in [0.15, 0.2) is 0 Å². The summed E-state index contributed by atoms with van der Waals surface area (Å²) in [6, 6.07) is 9.98. The Hall–Kier alpha value is -2.27. The molecule has 0 aliphatic heterocycles. The highest BCUT2D eigenvalue weighted by atomic mass is 32.1. The quantitative estimate of drug-likeness (QED) is 0.740. The molecule has 0 amide bonds. The van der Waals surface area contributed by atoms with Gasteiger partial charge >= 0.3 is 0 Å². The molecule has 0 unspecified atom stereocenters. The van der Waals surface area contributed by atoms with Gasteiger partial charge in [-0.3, -0.25) is 0 Å². The van der Waals surface area contributed by atoms with Crippen molar-refractivity contribution in [2.75, 3.05) is 19.0 Å². The van der Waals surface area contributed by atoms with E-state index in [9.17, 15) is 0 Å². The molecule has 0 saturated carbocycles. The van der Waals surface area contributed by atoms with Crippen LogP contribution in [0.3, 0.4) is 0 Å². The highest BCUT2D eigenvalue weighted by Gasteiger charge is 2.13. The molecule has 0 aliphatic rings. The molecule has 0 aromatic heterocycles. The second-order valence-electron chi connectivity index (χ2n) is 5.82. The van der Waals surface area contributed by atoms with Crippen LogP contribution in [0.4, 0.5) is 5.69 Å². The Balaban J connectivity index is 2.30. The van der Waals surface area contributed by atoms with E-state index in [1.54, 1.807) is 0 Å². The molecular weight excluding hydrogens is 334 g/mol. The molecule has 134 valence electrons. The van der Waals surface area contributed by atoms with Crippen molar-refractivity contribution in [1.82, 2.24) is 0 Å². The van der Waals surface area contributed by atoms with Crippen molar-refractivity contribution in [3.8, 4) is 11.5 Å². The van der Waals surface area contributed by atoms with E-state index in [4.69, 9.17) is 26.4 Å². The zero-order chi connectivity index (χ0) is 18.4. The zero-order valence-electron chi connectivity index (χ0n) is 15.4. The fraction of sp³-hybridized carbons (Fsp3) is 0.350. The fourth-order valence-corrected chi connectivity index (χ4v) is 2.63. The first-order valence-corrected chi connectivity index (χ1v) is 8.67. The number of nitrogens with one attached hydrogen (secondary N) is 1. The molecule has 0 heterocycles. The zero-order valence-corrected chi connectivity index (χ0v) is 16.3. The third-order valence-corrected chi connectivity index (χ3v) is 4.29. The highest BCUT2D eigenvalue weighted by molar-refractivity contribution is 7.80. The molecule has 0 aliphatic carbocycles. The molecule has 0 spiro atoms. The number of ether oxygens (including phenoxy) is 3. The molecule has 5 heteroatoms. The number of hydrogen-bond donors (Lipinski definition) is 1. The van der Waals surface area contributed by atoms with Crippen LogP contribution in [0.1, 0.15) is 29.2 Å². The lowest BCUT2D eigenvalue weighted by molar-refractivity contribution is 0.285. The summed E-state index contributed by atoms with van der Waals surface area (Å²) in [5, 5.41) is 3.38. The maximum absolute atomic E-state index is 6.10. The van der Waals surface area contributed by atoms with Gasteiger partial charge in [-0.25, -0.2) is 0 Å². The second-order valence-corrected chi connectivity index (χ2v) is 6.19. The summed E-state index contributed by atoms with van der Waals surface area (Å²) in [6.45, 7) is 9.14. The van der Waals surface area contributed by atoms with Gasteiger partial charge in [0, 0.05) is 0 Å². The molecule has 2 aromatic rings. The summed E-state index contributed by atoms with van der Waals surface area (Å²) in [5.74, 6) is 1.64. The van der Waals surface area contributed by atoms with Gasteiger partial charge in [-0.15, -0.1) is 0 Å². The van der Waals surface area contributed by atoms with Crippen LogP contribution in [-0.2, 0) is 11.3 Å². The second kappa shape index (κ2) is 8.72. The molecule has 25 heavy (non-hydrogen) atoms. The van der Waals surface area contributed by atoms with E-state index < -0.39 is 0 Å². The number of benzene rings is 2. The molecule has 0 bridgehead atoms. The molecule has 0 fully saturated rings. The molecule has 0 saturated heterocycles. The van der Waals surface area contributed by atoms with Crippen LogP contribution in [0, 0.1) is 20.8 Å². The van der Waals surface area contributed by atoms with Crippen molar-refractivity contribution in [2.45, 2.75) is 34.3 Å². The molecule has 0 radical (unpaired) electrons. The Morgan fingerprint density at radius 3 is 2.40 bits per heavy atom. The standard InChI is InChI=1S/C20H25NO3S/c1-6-23-18-9-7-8-17(21-20(25)22-5)16(18)12-24-19-11-14(3)13(2)10-15(19)4/h7-11H,6,12H2,1-5H3,(H,21,25). The van der Waals surface area contributed by atoms with E-state index in [-0.39, 0.29) is 0 Å². The minimum atomic E-state index is 0.303. The van der Waals surface area contributed by atoms with E-state index in [2.05, 4.69) is 38.2 Å². The first-order chi connectivity index (χ1) is 12.0. The van der Waals surface area contributed by atoms with E-state index in [1.165, 1.54) is 18.2 Å². The number of anilines is 1. The minimum absolute atomic E-state index is 0.303.